The number of benzene rings is 1. The molecule has 0 aliphatic heterocycles. The van der Waals surface area contributed by atoms with Crippen LogP contribution in [0, 0.1) is 13.8 Å². The highest BCUT2D eigenvalue weighted by Crippen LogP contribution is 2.23. The summed E-state index contributed by atoms with van der Waals surface area (Å²) in [6.07, 6.45) is 1.42. The van der Waals surface area contributed by atoms with Crippen molar-refractivity contribution in [3.05, 3.63) is 35.0 Å². The van der Waals surface area contributed by atoms with Gasteiger partial charge in [-0.25, -0.2) is 0 Å². The van der Waals surface area contributed by atoms with Gasteiger partial charge in [0.2, 0.25) is 5.91 Å². The van der Waals surface area contributed by atoms with Crippen LogP contribution in [0.25, 0.3) is 10.9 Å². The Kier molecular flexibility index (Phi) is 5.02. The third-order valence-corrected chi connectivity index (χ3v) is 3.72. The predicted molar refractivity (Wildman–Crippen MR) is 87.7 cm³/mol. The van der Waals surface area contributed by atoms with Gasteiger partial charge in [-0.15, -0.1) is 0 Å². The Morgan fingerprint density at radius 3 is 2.76 bits per heavy atom. The van der Waals surface area contributed by atoms with E-state index in [4.69, 9.17) is 0 Å². The van der Waals surface area contributed by atoms with Gasteiger partial charge in [-0.2, -0.15) is 0 Å². The summed E-state index contributed by atoms with van der Waals surface area (Å²) in [6, 6.07) is 6.31. The quantitative estimate of drug-likeness (QED) is 0.802. The number of aromatic nitrogens is 1. The first-order valence-corrected chi connectivity index (χ1v) is 7.46. The number of rotatable bonds is 6. The molecule has 114 valence electrons. The highest BCUT2D eigenvalue weighted by atomic mass is 16.1. The lowest BCUT2D eigenvalue weighted by Crippen LogP contribution is -2.28. The van der Waals surface area contributed by atoms with E-state index in [9.17, 15) is 4.79 Å². The minimum absolute atomic E-state index is 0.0965. The number of hydrogen-bond donors (Lipinski definition) is 2. The Morgan fingerprint density at radius 1 is 1.29 bits per heavy atom. The fraction of sp³-hybridized carbons (Fsp3) is 0.471. The Hall–Kier alpha value is -1.81. The van der Waals surface area contributed by atoms with E-state index < -0.39 is 0 Å². The van der Waals surface area contributed by atoms with E-state index in [1.165, 1.54) is 5.56 Å². The lowest BCUT2D eigenvalue weighted by molar-refractivity contribution is -0.120. The molecule has 0 aliphatic carbocycles. The van der Waals surface area contributed by atoms with Gasteiger partial charge < -0.3 is 15.2 Å². The first kappa shape index (κ1) is 15.6. The third kappa shape index (κ3) is 4.08. The Morgan fingerprint density at radius 2 is 2.05 bits per heavy atom. The number of fused-ring (bicyclic) bond motifs is 1. The van der Waals surface area contributed by atoms with Gasteiger partial charge in [-0.05, 0) is 58.6 Å². The molecule has 0 spiro atoms. The highest BCUT2D eigenvalue weighted by Gasteiger charge is 2.12. The molecule has 1 aromatic heterocycles. The second kappa shape index (κ2) is 6.76. The van der Waals surface area contributed by atoms with Crippen LogP contribution in [-0.4, -0.2) is 43.0 Å². The summed E-state index contributed by atoms with van der Waals surface area (Å²) in [4.78, 5) is 17.6. The Labute approximate surface area is 126 Å². The van der Waals surface area contributed by atoms with E-state index in [0.717, 1.165) is 41.7 Å². The number of carbonyl (C=O) groups is 1. The lowest BCUT2D eigenvalue weighted by atomic mass is 10.1. The summed E-state index contributed by atoms with van der Waals surface area (Å²) in [5.41, 5.74) is 4.51. The van der Waals surface area contributed by atoms with Gasteiger partial charge in [0.15, 0.2) is 0 Å². The molecule has 2 rings (SSSR count). The first-order chi connectivity index (χ1) is 9.97. The van der Waals surface area contributed by atoms with Crippen LogP contribution in [0.1, 0.15) is 23.2 Å². The van der Waals surface area contributed by atoms with E-state index in [0.29, 0.717) is 6.42 Å². The number of aromatic amines is 1. The number of amides is 1. The topological polar surface area (TPSA) is 48.1 Å². The van der Waals surface area contributed by atoms with Crippen LogP contribution >= 0.6 is 0 Å². The molecule has 4 heteroatoms. The summed E-state index contributed by atoms with van der Waals surface area (Å²) in [7, 11) is 4.08. The molecule has 0 saturated heterocycles. The maximum Gasteiger partial charge on any atom is 0.224 e. The summed E-state index contributed by atoms with van der Waals surface area (Å²) in [5, 5.41) is 4.17. The third-order valence-electron chi connectivity index (χ3n) is 3.72. The highest BCUT2D eigenvalue weighted by molar-refractivity contribution is 5.90. The number of aryl methyl sites for hydroxylation is 2. The molecule has 0 bridgehead atoms. The van der Waals surface area contributed by atoms with Crippen LogP contribution in [0.2, 0.25) is 0 Å². The molecule has 2 aromatic rings. The Bertz CT molecular complexity index is 628. The molecule has 0 unspecified atom stereocenters. The van der Waals surface area contributed by atoms with Crippen molar-refractivity contribution in [2.75, 3.05) is 27.2 Å². The number of nitrogens with zero attached hydrogens (tertiary/aromatic N) is 1. The first-order valence-electron chi connectivity index (χ1n) is 7.46. The van der Waals surface area contributed by atoms with Gasteiger partial charge in [0.1, 0.15) is 0 Å². The molecule has 0 atom stereocenters. The molecule has 0 saturated carbocycles. The second-order valence-electron chi connectivity index (χ2n) is 5.96. The fourth-order valence-electron chi connectivity index (χ4n) is 2.57. The number of carbonyl (C=O) groups excluding carboxylic acids is 1. The zero-order valence-corrected chi connectivity index (χ0v) is 13.4. The molecule has 0 aliphatic rings. The maximum absolute atomic E-state index is 12.1. The van der Waals surface area contributed by atoms with Crippen LogP contribution in [0.5, 0.6) is 0 Å². The van der Waals surface area contributed by atoms with Crippen molar-refractivity contribution < 1.29 is 4.79 Å². The van der Waals surface area contributed by atoms with Crippen molar-refractivity contribution in [2.24, 2.45) is 0 Å². The predicted octanol–water partition coefficient (Wildman–Crippen LogP) is 2.40. The van der Waals surface area contributed by atoms with Crippen molar-refractivity contribution in [3.63, 3.8) is 0 Å². The summed E-state index contributed by atoms with van der Waals surface area (Å²) in [6.45, 7) is 5.83. The van der Waals surface area contributed by atoms with E-state index in [-0.39, 0.29) is 5.91 Å². The van der Waals surface area contributed by atoms with E-state index in [2.05, 4.69) is 40.3 Å². The van der Waals surface area contributed by atoms with Crippen LogP contribution in [0.15, 0.2) is 18.2 Å². The van der Waals surface area contributed by atoms with Crippen molar-refractivity contribution >= 4 is 16.8 Å². The molecule has 4 nitrogen and oxygen atoms in total. The molecule has 1 amide bonds. The van der Waals surface area contributed by atoms with E-state index in [1.54, 1.807) is 0 Å². The fourth-order valence-corrected chi connectivity index (χ4v) is 2.57. The number of hydrogen-bond acceptors (Lipinski definition) is 2. The molecule has 0 fully saturated rings. The molecular weight excluding hydrogens is 262 g/mol. The monoisotopic (exact) mass is 287 g/mol. The van der Waals surface area contributed by atoms with Gasteiger partial charge in [0, 0.05) is 23.1 Å². The number of H-pyrrole nitrogens is 1. The average molecular weight is 287 g/mol. The van der Waals surface area contributed by atoms with Crippen LogP contribution in [-0.2, 0) is 11.2 Å². The van der Waals surface area contributed by atoms with E-state index in [1.807, 2.05) is 21.0 Å². The minimum atomic E-state index is 0.0965. The van der Waals surface area contributed by atoms with Crippen molar-refractivity contribution in [1.82, 2.24) is 15.2 Å². The molecular formula is C17H25N3O. The SMILES string of the molecule is Cc1ccc2[nH]c(C)c(CC(=O)NCCCN(C)C)c2c1. The summed E-state index contributed by atoms with van der Waals surface area (Å²) < 4.78 is 0. The minimum Gasteiger partial charge on any atom is -0.358 e. The van der Waals surface area contributed by atoms with Crippen molar-refractivity contribution in [3.8, 4) is 0 Å². The van der Waals surface area contributed by atoms with Crippen LogP contribution < -0.4 is 5.32 Å². The number of nitrogens with one attached hydrogen (secondary N) is 2. The van der Waals surface area contributed by atoms with Crippen molar-refractivity contribution in [1.29, 1.82) is 0 Å². The molecule has 2 N–H and O–H groups in total. The van der Waals surface area contributed by atoms with Gasteiger partial charge in [0.25, 0.3) is 0 Å². The van der Waals surface area contributed by atoms with Gasteiger partial charge in [-0.1, -0.05) is 11.6 Å². The van der Waals surface area contributed by atoms with Gasteiger partial charge >= 0.3 is 0 Å². The molecule has 1 heterocycles. The standard InChI is InChI=1S/C17H25N3O/c1-12-6-7-16-15(10-12)14(13(2)19-16)11-17(21)18-8-5-9-20(3)4/h6-7,10,19H,5,8-9,11H2,1-4H3,(H,18,21). The largest absolute Gasteiger partial charge is 0.358 e. The van der Waals surface area contributed by atoms with Gasteiger partial charge in [-0.3, -0.25) is 4.79 Å². The Balaban J connectivity index is 2.00. The normalized spacial score (nSPS) is 11.3. The zero-order chi connectivity index (χ0) is 15.4. The van der Waals surface area contributed by atoms with Gasteiger partial charge in [0.05, 0.1) is 6.42 Å². The smallest absolute Gasteiger partial charge is 0.224 e. The second-order valence-corrected chi connectivity index (χ2v) is 5.96. The van der Waals surface area contributed by atoms with Crippen molar-refractivity contribution in [2.45, 2.75) is 26.7 Å². The maximum atomic E-state index is 12.1. The van der Waals surface area contributed by atoms with Crippen LogP contribution in [0.3, 0.4) is 0 Å². The molecule has 1 aromatic carbocycles. The lowest BCUT2D eigenvalue weighted by Gasteiger charge is -2.10. The van der Waals surface area contributed by atoms with Crippen LogP contribution in [0.4, 0.5) is 0 Å². The summed E-state index contributed by atoms with van der Waals surface area (Å²) >= 11 is 0. The summed E-state index contributed by atoms with van der Waals surface area (Å²) in [5.74, 6) is 0.0965. The molecule has 21 heavy (non-hydrogen) atoms. The van der Waals surface area contributed by atoms with E-state index >= 15 is 0 Å². The molecule has 0 radical (unpaired) electrons. The zero-order valence-electron chi connectivity index (χ0n) is 13.4. The average Bonchev–Trinajstić information content (AvgIpc) is 2.71.